The van der Waals surface area contributed by atoms with Gasteiger partial charge in [0.05, 0.1) is 12.7 Å². The normalized spacial score (nSPS) is 10.9. The van der Waals surface area contributed by atoms with Gasteiger partial charge in [0, 0.05) is 42.6 Å². The SMILES string of the molecule is COC(=O)CCCNc1ccc(N(C)c2ccccc2)cc1C(=O)NC(C)(C)C. The Morgan fingerprint density at radius 3 is 2.34 bits per heavy atom. The second-order valence-electron chi connectivity index (χ2n) is 7.94. The van der Waals surface area contributed by atoms with Crippen LogP contribution in [0.15, 0.2) is 48.5 Å². The van der Waals surface area contributed by atoms with Crippen molar-refractivity contribution >= 4 is 28.9 Å². The molecule has 0 aliphatic heterocycles. The van der Waals surface area contributed by atoms with E-state index in [1.807, 2.05) is 81.2 Å². The molecule has 0 aromatic heterocycles. The third kappa shape index (κ3) is 6.82. The summed E-state index contributed by atoms with van der Waals surface area (Å²) in [5, 5.41) is 6.31. The molecule has 0 heterocycles. The molecule has 0 saturated heterocycles. The van der Waals surface area contributed by atoms with Crippen LogP contribution in [0.1, 0.15) is 44.0 Å². The van der Waals surface area contributed by atoms with E-state index in [-0.39, 0.29) is 17.4 Å². The van der Waals surface area contributed by atoms with Gasteiger partial charge in [-0.2, -0.15) is 0 Å². The highest BCUT2D eigenvalue weighted by atomic mass is 16.5. The van der Waals surface area contributed by atoms with E-state index in [1.54, 1.807) is 0 Å². The molecule has 0 aliphatic rings. The number of benzene rings is 2. The quantitative estimate of drug-likeness (QED) is 0.512. The molecule has 0 spiro atoms. The average molecular weight is 398 g/mol. The van der Waals surface area contributed by atoms with Gasteiger partial charge >= 0.3 is 5.97 Å². The summed E-state index contributed by atoms with van der Waals surface area (Å²) in [6.07, 6.45) is 0.959. The summed E-state index contributed by atoms with van der Waals surface area (Å²) in [6.45, 7) is 6.43. The zero-order chi connectivity index (χ0) is 21.4. The predicted molar refractivity (Wildman–Crippen MR) is 118 cm³/mol. The minimum absolute atomic E-state index is 0.142. The van der Waals surface area contributed by atoms with Crippen LogP contribution in [0.4, 0.5) is 17.1 Å². The van der Waals surface area contributed by atoms with E-state index >= 15 is 0 Å². The molecule has 0 radical (unpaired) electrons. The van der Waals surface area contributed by atoms with Gasteiger partial charge in [-0.3, -0.25) is 9.59 Å². The number of hydrogen-bond acceptors (Lipinski definition) is 5. The Labute approximate surface area is 173 Å². The molecule has 6 nitrogen and oxygen atoms in total. The first-order valence-electron chi connectivity index (χ1n) is 9.77. The standard InChI is InChI=1S/C23H31N3O3/c1-23(2,3)25-22(28)19-16-18(26(4)17-10-7-6-8-11-17)13-14-20(19)24-15-9-12-21(27)29-5/h6-8,10-11,13-14,16,24H,9,12,15H2,1-5H3,(H,25,28). The highest BCUT2D eigenvalue weighted by Gasteiger charge is 2.19. The fourth-order valence-corrected chi connectivity index (χ4v) is 2.85. The summed E-state index contributed by atoms with van der Waals surface area (Å²) in [4.78, 5) is 26.3. The van der Waals surface area contributed by atoms with Crippen molar-refractivity contribution in [2.45, 2.75) is 39.2 Å². The Bertz CT molecular complexity index is 829. The summed E-state index contributed by atoms with van der Waals surface area (Å²) in [5.41, 5.74) is 2.91. The molecule has 2 N–H and O–H groups in total. The third-order valence-corrected chi connectivity index (χ3v) is 4.37. The van der Waals surface area contributed by atoms with Crippen molar-refractivity contribution in [1.29, 1.82) is 0 Å². The number of amides is 1. The first kappa shape index (κ1) is 22.3. The molecule has 2 aromatic carbocycles. The highest BCUT2D eigenvalue weighted by Crippen LogP contribution is 2.28. The molecular weight excluding hydrogens is 366 g/mol. The third-order valence-electron chi connectivity index (χ3n) is 4.37. The molecule has 29 heavy (non-hydrogen) atoms. The van der Waals surface area contributed by atoms with Gasteiger partial charge in [-0.25, -0.2) is 0 Å². The van der Waals surface area contributed by atoms with Crippen LogP contribution in [0.3, 0.4) is 0 Å². The number of carbonyl (C=O) groups excluding carboxylic acids is 2. The number of nitrogens with one attached hydrogen (secondary N) is 2. The average Bonchev–Trinajstić information content (AvgIpc) is 2.69. The number of ether oxygens (including phenoxy) is 1. The monoisotopic (exact) mass is 397 g/mol. The molecule has 0 bridgehead atoms. The maximum Gasteiger partial charge on any atom is 0.305 e. The van der Waals surface area contributed by atoms with E-state index in [0.717, 1.165) is 17.1 Å². The molecule has 156 valence electrons. The van der Waals surface area contributed by atoms with Crippen LogP contribution in [0, 0.1) is 0 Å². The van der Waals surface area contributed by atoms with E-state index in [1.165, 1.54) is 7.11 Å². The minimum Gasteiger partial charge on any atom is -0.469 e. The number of hydrogen-bond donors (Lipinski definition) is 2. The number of para-hydroxylation sites is 1. The number of anilines is 3. The van der Waals surface area contributed by atoms with Gasteiger partial charge in [0.1, 0.15) is 0 Å². The van der Waals surface area contributed by atoms with Crippen molar-refractivity contribution in [3.63, 3.8) is 0 Å². The molecule has 0 unspecified atom stereocenters. The summed E-state index contributed by atoms with van der Waals surface area (Å²) >= 11 is 0. The van der Waals surface area contributed by atoms with Crippen LogP contribution in [0.2, 0.25) is 0 Å². The fraction of sp³-hybridized carbons (Fsp3) is 0.391. The molecule has 6 heteroatoms. The van der Waals surface area contributed by atoms with Crippen molar-refractivity contribution in [3.05, 3.63) is 54.1 Å². The first-order valence-corrected chi connectivity index (χ1v) is 9.77. The number of rotatable bonds is 8. The van der Waals surface area contributed by atoms with Crippen molar-refractivity contribution in [1.82, 2.24) is 5.32 Å². The van der Waals surface area contributed by atoms with E-state index < -0.39 is 0 Å². The maximum absolute atomic E-state index is 12.9. The summed E-state index contributed by atoms with van der Waals surface area (Å²) in [5.74, 6) is -0.381. The Kier molecular flexibility index (Phi) is 7.65. The number of esters is 1. The maximum atomic E-state index is 12.9. The van der Waals surface area contributed by atoms with Crippen LogP contribution in [0.25, 0.3) is 0 Å². The Hall–Kier alpha value is -3.02. The van der Waals surface area contributed by atoms with Crippen LogP contribution in [-0.2, 0) is 9.53 Å². The molecule has 0 saturated carbocycles. The van der Waals surface area contributed by atoms with E-state index in [4.69, 9.17) is 0 Å². The van der Waals surface area contributed by atoms with Crippen LogP contribution < -0.4 is 15.5 Å². The molecule has 2 rings (SSSR count). The lowest BCUT2D eigenvalue weighted by Crippen LogP contribution is -2.40. The Balaban J connectivity index is 2.25. The summed E-state index contributed by atoms with van der Waals surface area (Å²) in [6, 6.07) is 15.7. The molecule has 1 amide bonds. The molecule has 0 aliphatic carbocycles. The Morgan fingerprint density at radius 2 is 1.72 bits per heavy atom. The van der Waals surface area contributed by atoms with Gasteiger partial charge in [0.15, 0.2) is 0 Å². The first-order chi connectivity index (χ1) is 13.7. The lowest BCUT2D eigenvalue weighted by Gasteiger charge is -2.24. The largest absolute Gasteiger partial charge is 0.469 e. The summed E-state index contributed by atoms with van der Waals surface area (Å²) in [7, 11) is 3.35. The molecule has 0 fully saturated rings. The zero-order valence-electron chi connectivity index (χ0n) is 17.9. The van der Waals surface area contributed by atoms with Crippen LogP contribution in [-0.4, -0.2) is 38.1 Å². The number of carbonyl (C=O) groups is 2. The van der Waals surface area contributed by atoms with Gasteiger partial charge in [-0.05, 0) is 57.5 Å². The van der Waals surface area contributed by atoms with Gasteiger partial charge in [0.2, 0.25) is 0 Å². The predicted octanol–water partition coefficient (Wildman–Crippen LogP) is 4.35. The number of nitrogens with zero attached hydrogens (tertiary/aromatic N) is 1. The van der Waals surface area contributed by atoms with Gasteiger partial charge in [-0.1, -0.05) is 18.2 Å². The highest BCUT2D eigenvalue weighted by molar-refractivity contribution is 6.01. The lowest BCUT2D eigenvalue weighted by atomic mass is 10.1. The van der Waals surface area contributed by atoms with Crippen molar-refractivity contribution in [3.8, 4) is 0 Å². The molecule has 0 atom stereocenters. The zero-order valence-corrected chi connectivity index (χ0v) is 17.9. The smallest absolute Gasteiger partial charge is 0.305 e. The second-order valence-corrected chi connectivity index (χ2v) is 7.94. The Morgan fingerprint density at radius 1 is 1.03 bits per heavy atom. The topological polar surface area (TPSA) is 70.7 Å². The van der Waals surface area contributed by atoms with Crippen LogP contribution in [0.5, 0.6) is 0 Å². The molecular formula is C23H31N3O3. The number of methoxy groups -OCH3 is 1. The lowest BCUT2D eigenvalue weighted by molar-refractivity contribution is -0.140. The van der Waals surface area contributed by atoms with Crippen molar-refractivity contribution in [2.24, 2.45) is 0 Å². The van der Waals surface area contributed by atoms with E-state index in [0.29, 0.717) is 24.9 Å². The van der Waals surface area contributed by atoms with Crippen molar-refractivity contribution < 1.29 is 14.3 Å². The fourth-order valence-electron chi connectivity index (χ4n) is 2.85. The van der Waals surface area contributed by atoms with Gasteiger partial charge in [0.25, 0.3) is 5.91 Å². The van der Waals surface area contributed by atoms with E-state index in [9.17, 15) is 9.59 Å². The van der Waals surface area contributed by atoms with Crippen molar-refractivity contribution in [2.75, 3.05) is 30.9 Å². The summed E-state index contributed by atoms with van der Waals surface area (Å²) < 4.78 is 4.67. The van der Waals surface area contributed by atoms with Gasteiger partial charge in [-0.15, -0.1) is 0 Å². The van der Waals surface area contributed by atoms with Crippen LogP contribution >= 0.6 is 0 Å². The molecule has 2 aromatic rings. The van der Waals surface area contributed by atoms with Gasteiger partial charge < -0.3 is 20.3 Å². The van der Waals surface area contributed by atoms with E-state index in [2.05, 4.69) is 15.4 Å². The minimum atomic E-state index is -0.347. The second kappa shape index (κ2) is 9.96.